The molecule has 246 valence electrons. The number of fused-ring (bicyclic) bond motifs is 3. The number of thiol groups is 1. The van der Waals surface area contributed by atoms with Gasteiger partial charge < -0.3 is 33.5 Å². The first-order valence-electron chi connectivity index (χ1n) is 14.0. The van der Waals surface area contributed by atoms with Crippen molar-refractivity contribution in [2.75, 3.05) is 26.1 Å². The number of nitrogens with two attached hydrogens (primary N) is 1. The summed E-state index contributed by atoms with van der Waals surface area (Å²) >= 11 is 9.22. The number of hydrogen-bond acceptors (Lipinski definition) is 15. The van der Waals surface area contributed by atoms with Crippen LogP contribution in [-0.4, -0.2) is 86.1 Å². The molecule has 1 aliphatic carbocycles. The van der Waals surface area contributed by atoms with Gasteiger partial charge >= 0.3 is 13.5 Å². The van der Waals surface area contributed by atoms with Crippen molar-refractivity contribution in [3.63, 3.8) is 0 Å². The third-order valence-electron chi connectivity index (χ3n) is 8.45. The third-order valence-corrected chi connectivity index (χ3v) is 11.8. The van der Waals surface area contributed by atoms with E-state index in [1.165, 1.54) is 30.5 Å². The maximum Gasteiger partial charge on any atom is 0.386 e. The number of ether oxygens (including phenoxy) is 1. The summed E-state index contributed by atoms with van der Waals surface area (Å²) in [5, 5.41) is 6.58. The Morgan fingerprint density at radius 2 is 1.91 bits per heavy atom. The molecule has 46 heavy (non-hydrogen) atoms. The molecule has 1 aliphatic heterocycles. The summed E-state index contributed by atoms with van der Waals surface area (Å²) in [6, 6.07) is -0.00859. The molecule has 23 heteroatoms. The summed E-state index contributed by atoms with van der Waals surface area (Å²) in [4.78, 5) is 44.2. The molecule has 0 amide bonds. The highest BCUT2D eigenvalue weighted by Crippen LogP contribution is 2.58. The zero-order valence-corrected chi connectivity index (χ0v) is 27.8. The van der Waals surface area contributed by atoms with Crippen molar-refractivity contribution in [1.82, 2.24) is 48.7 Å². The van der Waals surface area contributed by atoms with Gasteiger partial charge in [0.2, 0.25) is 5.78 Å². The maximum absolute atomic E-state index is 13.5. The summed E-state index contributed by atoms with van der Waals surface area (Å²) in [5.41, 5.74) is 7.15. The quantitative estimate of drug-likeness (QED) is 0.113. The number of hydrogen-bond donors (Lipinski definition) is 4. The fourth-order valence-electron chi connectivity index (χ4n) is 5.82. The Labute approximate surface area is 269 Å². The van der Waals surface area contributed by atoms with Crippen LogP contribution >= 0.6 is 25.8 Å². The van der Waals surface area contributed by atoms with Crippen LogP contribution < -0.4 is 11.3 Å². The lowest BCUT2D eigenvalue weighted by atomic mass is 9.70. The molecule has 1 saturated carbocycles. The largest absolute Gasteiger partial charge is 0.386 e. The SMILES string of the molecule is COP(O)(=S)OC[C@H]1O[C@@H](n2cnc3c(N)ncnc32)C[C@@H]1OP(=O)(S)OC[C@H]1C[C@@H](n2cnc3c(=O)n4cn[nH]c4nc32)[C@@H]1C. The molecule has 5 aromatic heterocycles. The first kappa shape index (κ1) is 31.7. The summed E-state index contributed by atoms with van der Waals surface area (Å²) in [6.45, 7) is -5.53. The molecule has 5 aromatic rings. The van der Waals surface area contributed by atoms with Gasteiger partial charge in [-0.05, 0) is 30.1 Å². The molecule has 19 nitrogen and oxygen atoms in total. The van der Waals surface area contributed by atoms with Gasteiger partial charge in [-0.1, -0.05) is 19.2 Å². The van der Waals surface area contributed by atoms with Crippen LogP contribution in [0.5, 0.6) is 0 Å². The van der Waals surface area contributed by atoms with Crippen LogP contribution in [0.3, 0.4) is 0 Å². The van der Waals surface area contributed by atoms with E-state index >= 15 is 0 Å². The Balaban J connectivity index is 1.02. The van der Waals surface area contributed by atoms with E-state index in [0.717, 1.165) is 0 Å². The van der Waals surface area contributed by atoms with Gasteiger partial charge in [0.1, 0.15) is 36.6 Å². The van der Waals surface area contributed by atoms with Gasteiger partial charge in [0, 0.05) is 19.6 Å². The number of aromatic amines is 1. The lowest BCUT2D eigenvalue weighted by molar-refractivity contribution is -0.0385. The van der Waals surface area contributed by atoms with Gasteiger partial charge in [-0.2, -0.15) is 10.1 Å². The van der Waals surface area contributed by atoms with Gasteiger partial charge in [-0.25, -0.2) is 34.0 Å². The Hall–Kier alpha value is -2.84. The molecule has 0 radical (unpaired) electrons. The van der Waals surface area contributed by atoms with Gasteiger partial charge in [0.15, 0.2) is 22.6 Å². The van der Waals surface area contributed by atoms with Crippen LogP contribution in [0.4, 0.5) is 5.82 Å². The molecule has 7 rings (SSSR count). The molecule has 8 atom stereocenters. The molecule has 2 unspecified atom stereocenters. The van der Waals surface area contributed by atoms with Crippen LogP contribution in [0.1, 0.15) is 32.0 Å². The monoisotopic (exact) mass is 713 g/mol. The van der Waals surface area contributed by atoms with Crippen LogP contribution in [0, 0.1) is 11.8 Å². The maximum atomic E-state index is 13.5. The van der Waals surface area contributed by atoms with Gasteiger partial charge in [0.25, 0.3) is 5.56 Å². The highest BCUT2D eigenvalue weighted by Gasteiger charge is 2.44. The summed E-state index contributed by atoms with van der Waals surface area (Å²) in [6.07, 6.45) is 4.27. The fraction of sp³-hybridized carbons (Fsp3) is 0.522. The second kappa shape index (κ2) is 12.0. The Morgan fingerprint density at radius 3 is 2.70 bits per heavy atom. The van der Waals surface area contributed by atoms with Crippen LogP contribution in [0.2, 0.25) is 0 Å². The number of nitrogens with one attached hydrogen (secondary N) is 1. The predicted molar refractivity (Wildman–Crippen MR) is 168 cm³/mol. The van der Waals surface area contributed by atoms with Crippen molar-refractivity contribution in [2.24, 2.45) is 11.8 Å². The fourth-order valence-corrected chi connectivity index (χ4v) is 8.01. The van der Waals surface area contributed by atoms with E-state index in [-0.39, 0.29) is 54.4 Å². The number of nitrogens with zero attached hydrogens (tertiary/aromatic N) is 9. The lowest BCUT2D eigenvalue weighted by Gasteiger charge is -2.43. The van der Waals surface area contributed by atoms with E-state index in [4.69, 9.17) is 40.4 Å². The van der Waals surface area contributed by atoms with E-state index < -0.39 is 32.0 Å². The van der Waals surface area contributed by atoms with Gasteiger partial charge in [-0.3, -0.25) is 13.9 Å². The zero-order valence-electron chi connectivity index (χ0n) is 24.3. The summed E-state index contributed by atoms with van der Waals surface area (Å²) in [7, 11) is 1.24. The minimum atomic E-state index is -3.92. The minimum absolute atomic E-state index is 0.00859. The third kappa shape index (κ3) is 5.78. The second-order valence-electron chi connectivity index (χ2n) is 11.0. The van der Waals surface area contributed by atoms with E-state index in [1.54, 1.807) is 10.9 Å². The molecule has 0 aromatic carbocycles. The molecule has 1 saturated heterocycles. The number of H-pyrrole nitrogens is 1. The molecule has 2 fully saturated rings. The number of imidazole rings is 2. The van der Waals surface area contributed by atoms with Crippen molar-refractivity contribution >= 4 is 71.5 Å². The van der Waals surface area contributed by atoms with Crippen LogP contribution in [-0.2, 0) is 39.2 Å². The summed E-state index contributed by atoms with van der Waals surface area (Å²) < 4.78 is 46.5. The van der Waals surface area contributed by atoms with Gasteiger partial charge in [0.05, 0.1) is 25.9 Å². The van der Waals surface area contributed by atoms with E-state index in [1.807, 2.05) is 11.5 Å². The van der Waals surface area contributed by atoms with E-state index in [2.05, 4.69) is 47.4 Å². The average molecular weight is 714 g/mol. The molecule has 0 spiro atoms. The predicted octanol–water partition coefficient (Wildman–Crippen LogP) is 1.99. The second-order valence-corrected chi connectivity index (χ2v) is 16.8. The Morgan fingerprint density at radius 1 is 1.13 bits per heavy atom. The van der Waals surface area contributed by atoms with Crippen molar-refractivity contribution in [3.05, 3.63) is 35.7 Å². The minimum Gasteiger partial charge on any atom is -0.382 e. The Kier molecular flexibility index (Phi) is 8.28. The topological polar surface area (TPSA) is 234 Å². The van der Waals surface area contributed by atoms with Crippen molar-refractivity contribution in [1.29, 1.82) is 0 Å². The first-order chi connectivity index (χ1) is 21.9. The summed E-state index contributed by atoms with van der Waals surface area (Å²) in [5.74, 6) is 0.610. The lowest BCUT2D eigenvalue weighted by Crippen LogP contribution is -2.39. The van der Waals surface area contributed by atoms with E-state index in [0.29, 0.717) is 29.0 Å². The number of nitrogen functional groups attached to an aromatic ring is 1. The molecule has 2 aliphatic rings. The van der Waals surface area contributed by atoms with Crippen LogP contribution in [0.15, 0.2) is 30.1 Å². The Bertz CT molecular complexity index is 2090. The number of rotatable bonds is 11. The van der Waals surface area contributed by atoms with Crippen molar-refractivity contribution in [2.45, 2.75) is 44.2 Å². The van der Waals surface area contributed by atoms with E-state index in [9.17, 15) is 14.3 Å². The highest BCUT2D eigenvalue weighted by molar-refractivity contribution is 8.44. The molecule has 0 bridgehead atoms. The average Bonchev–Trinajstić information content (AvgIpc) is 3.82. The van der Waals surface area contributed by atoms with Gasteiger partial charge in [-0.15, -0.1) is 0 Å². The van der Waals surface area contributed by atoms with Crippen molar-refractivity contribution < 1.29 is 32.3 Å². The molecular formula is C23H29N11O8P2S2. The smallest absolute Gasteiger partial charge is 0.382 e. The molecule has 4 N–H and O–H groups in total. The first-order valence-corrected chi connectivity index (χ1v) is 19.3. The molecule has 6 heterocycles. The molecular weight excluding hydrogens is 684 g/mol. The van der Waals surface area contributed by atoms with Crippen LogP contribution in [0.25, 0.3) is 28.1 Å². The highest BCUT2D eigenvalue weighted by atomic mass is 32.7. The standard InChI is InChI=1S/C23H29N11O8P2S2/c1-11-12(3-13(11)32-8-28-18-21(32)30-23-31-29-10-34(23)22(18)35)5-39-44(37,46)42-14-4-16(41-15(14)6-40-43(36,45)38-2)33-9-27-17-19(24)25-7-26-20(17)33/h7-16H,3-6H2,1-2H3,(H,30,31)(H,36,45)(H,37,46)(H2,24,25,26)/t11-,12-,13-,14+,15-,16-,43?,44?/m1/s1. The number of aromatic nitrogens is 10. The normalized spacial score (nSPS) is 27.7. The zero-order chi connectivity index (χ0) is 32.4. The van der Waals surface area contributed by atoms with Crippen molar-refractivity contribution in [3.8, 4) is 0 Å². The number of anilines is 1.